The van der Waals surface area contributed by atoms with Gasteiger partial charge in [-0.3, -0.25) is 0 Å². The summed E-state index contributed by atoms with van der Waals surface area (Å²) in [5, 5.41) is 0.753. The SMILES string of the molecule is C=C(c1ccn2c(C)c(-c3cc4ccccc4n3CC(F)(F)F)nc2c1)N1CCCC(N)C1. The maximum atomic E-state index is 13.4. The quantitative estimate of drug-likeness (QED) is 0.461. The van der Waals surface area contributed by atoms with Gasteiger partial charge in [0.2, 0.25) is 0 Å². The molecule has 0 amide bonds. The van der Waals surface area contributed by atoms with Crippen LogP contribution in [0.4, 0.5) is 13.2 Å². The van der Waals surface area contributed by atoms with E-state index in [1.807, 2.05) is 41.8 Å². The molecule has 3 aromatic heterocycles. The maximum Gasteiger partial charge on any atom is 0.406 e. The van der Waals surface area contributed by atoms with Gasteiger partial charge in [0.1, 0.15) is 17.9 Å². The van der Waals surface area contributed by atoms with E-state index in [1.165, 1.54) is 4.57 Å². The van der Waals surface area contributed by atoms with Crippen molar-refractivity contribution < 1.29 is 13.2 Å². The predicted molar refractivity (Wildman–Crippen MR) is 125 cm³/mol. The van der Waals surface area contributed by atoms with Crippen molar-refractivity contribution in [1.29, 1.82) is 0 Å². The lowest BCUT2D eigenvalue weighted by Crippen LogP contribution is -2.41. The van der Waals surface area contributed by atoms with Crippen molar-refractivity contribution >= 4 is 22.2 Å². The van der Waals surface area contributed by atoms with Crippen LogP contribution in [0.5, 0.6) is 0 Å². The summed E-state index contributed by atoms with van der Waals surface area (Å²) in [6.45, 7) is 6.75. The molecule has 5 nitrogen and oxygen atoms in total. The summed E-state index contributed by atoms with van der Waals surface area (Å²) >= 11 is 0. The second kappa shape index (κ2) is 7.95. The molecule has 4 heterocycles. The summed E-state index contributed by atoms with van der Waals surface area (Å²) in [4.78, 5) is 6.95. The van der Waals surface area contributed by atoms with Gasteiger partial charge < -0.3 is 19.6 Å². The lowest BCUT2D eigenvalue weighted by molar-refractivity contribution is -0.139. The molecule has 0 bridgehead atoms. The van der Waals surface area contributed by atoms with Gasteiger partial charge in [0.15, 0.2) is 0 Å². The van der Waals surface area contributed by atoms with Crippen LogP contribution in [0.2, 0.25) is 0 Å². The summed E-state index contributed by atoms with van der Waals surface area (Å²) in [5.74, 6) is 0. The Morgan fingerprint density at radius 1 is 1.21 bits per heavy atom. The van der Waals surface area contributed by atoms with Crippen LogP contribution >= 0.6 is 0 Å². The van der Waals surface area contributed by atoms with Gasteiger partial charge >= 0.3 is 6.18 Å². The van der Waals surface area contributed by atoms with Crippen molar-refractivity contribution in [2.45, 2.75) is 38.5 Å². The maximum absolute atomic E-state index is 13.4. The highest BCUT2D eigenvalue weighted by Gasteiger charge is 2.31. The third-order valence-electron chi connectivity index (χ3n) is 6.43. The lowest BCUT2D eigenvalue weighted by Gasteiger charge is -2.34. The number of benzene rings is 1. The zero-order valence-electron chi connectivity index (χ0n) is 18.4. The minimum atomic E-state index is -4.34. The van der Waals surface area contributed by atoms with E-state index in [4.69, 9.17) is 10.7 Å². The van der Waals surface area contributed by atoms with Gasteiger partial charge in [0.25, 0.3) is 0 Å². The Morgan fingerprint density at radius 3 is 2.76 bits per heavy atom. The largest absolute Gasteiger partial charge is 0.406 e. The lowest BCUT2D eigenvalue weighted by atomic mass is 10.0. The highest BCUT2D eigenvalue weighted by molar-refractivity contribution is 5.87. The van der Waals surface area contributed by atoms with Crippen molar-refractivity contribution in [2.75, 3.05) is 13.1 Å². The predicted octanol–water partition coefficient (Wildman–Crippen LogP) is 5.22. The van der Waals surface area contributed by atoms with Crippen molar-refractivity contribution in [3.8, 4) is 11.4 Å². The molecule has 1 atom stereocenters. The number of imidazole rings is 1. The van der Waals surface area contributed by atoms with E-state index >= 15 is 0 Å². The van der Waals surface area contributed by atoms with Crippen molar-refractivity contribution in [3.63, 3.8) is 0 Å². The van der Waals surface area contributed by atoms with Crippen LogP contribution in [-0.4, -0.2) is 44.2 Å². The third-order valence-corrected chi connectivity index (χ3v) is 6.43. The molecule has 2 N–H and O–H groups in total. The summed E-state index contributed by atoms with van der Waals surface area (Å²) in [6, 6.07) is 12.9. The first-order valence-electron chi connectivity index (χ1n) is 11.1. The minimum absolute atomic E-state index is 0.134. The first kappa shape index (κ1) is 21.6. The molecule has 4 aromatic rings. The summed E-state index contributed by atoms with van der Waals surface area (Å²) in [5.41, 5.74) is 10.9. The number of aromatic nitrogens is 3. The van der Waals surface area contributed by atoms with Crippen LogP contribution in [0.1, 0.15) is 24.1 Å². The number of hydrogen-bond acceptors (Lipinski definition) is 3. The van der Waals surface area contributed by atoms with Crippen LogP contribution in [0.25, 0.3) is 33.6 Å². The fourth-order valence-corrected chi connectivity index (χ4v) is 4.78. The van der Waals surface area contributed by atoms with Gasteiger partial charge in [-0.2, -0.15) is 13.2 Å². The molecule has 1 unspecified atom stereocenters. The topological polar surface area (TPSA) is 51.5 Å². The second-order valence-corrected chi connectivity index (χ2v) is 8.77. The molecule has 1 aromatic carbocycles. The van der Waals surface area contributed by atoms with Gasteiger partial charge in [0, 0.05) is 53.2 Å². The van der Waals surface area contributed by atoms with Gasteiger partial charge in [-0.05, 0) is 44.0 Å². The van der Waals surface area contributed by atoms with Crippen molar-refractivity contribution in [2.24, 2.45) is 5.73 Å². The van der Waals surface area contributed by atoms with E-state index in [0.29, 0.717) is 22.6 Å². The average molecular weight is 454 g/mol. The molecule has 1 fully saturated rings. The Hall–Kier alpha value is -3.26. The van der Waals surface area contributed by atoms with Gasteiger partial charge in [-0.25, -0.2) is 4.98 Å². The molecule has 1 aliphatic rings. The van der Waals surface area contributed by atoms with Gasteiger partial charge in [-0.1, -0.05) is 24.8 Å². The van der Waals surface area contributed by atoms with E-state index in [9.17, 15) is 13.2 Å². The molecule has 0 spiro atoms. The molecular formula is C25H26F3N5. The summed E-state index contributed by atoms with van der Waals surface area (Å²) in [7, 11) is 0. The first-order chi connectivity index (χ1) is 15.7. The highest BCUT2D eigenvalue weighted by Crippen LogP contribution is 2.33. The fraction of sp³-hybridized carbons (Fsp3) is 0.320. The summed E-state index contributed by atoms with van der Waals surface area (Å²) in [6.07, 6.45) is -0.400. The molecule has 0 saturated carbocycles. The van der Waals surface area contributed by atoms with Crippen LogP contribution in [0.3, 0.4) is 0 Å². The van der Waals surface area contributed by atoms with Crippen LogP contribution in [-0.2, 0) is 6.54 Å². The number of aryl methyl sites for hydroxylation is 1. The smallest absolute Gasteiger partial charge is 0.370 e. The Bertz CT molecular complexity index is 1350. The Labute approximate surface area is 189 Å². The number of nitrogens with two attached hydrogens (primary N) is 1. The van der Waals surface area contributed by atoms with E-state index in [0.717, 1.165) is 48.3 Å². The molecular weight excluding hydrogens is 427 g/mol. The molecule has 1 saturated heterocycles. The number of alkyl halides is 3. The minimum Gasteiger partial charge on any atom is -0.370 e. The summed E-state index contributed by atoms with van der Waals surface area (Å²) < 4.78 is 43.5. The van der Waals surface area contributed by atoms with Gasteiger partial charge in [0.05, 0.1) is 5.69 Å². The molecule has 0 aliphatic carbocycles. The number of piperidine rings is 1. The van der Waals surface area contributed by atoms with E-state index in [-0.39, 0.29) is 6.04 Å². The average Bonchev–Trinajstić information content (AvgIpc) is 3.29. The molecule has 172 valence electrons. The number of rotatable bonds is 4. The van der Waals surface area contributed by atoms with E-state index < -0.39 is 12.7 Å². The number of para-hydroxylation sites is 1. The normalized spacial score (nSPS) is 17.2. The second-order valence-electron chi connectivity index (χ2n) is 8.77. The zero-order chi connectivity index (χ0) is 23.3. The van der Waals surface area contributed by atoms with Crippen LogP contribution in [0.15, 0.2) is 55.2 Å². The Kier molecular flexibility index (Phi) is 5.20. The molecule has 8 heteroatoms. The number of hydrogen-bond donors (Lipinski definition) is 1. The standard InChI is InChI=1S/C25H26F3N5/c1-16(31-10-5-7-20(29)14-31)18-9-11-32-17(2)24(30-23(32)13-18)22-12-19-6-3-4-8-21(19)33(22)15-25(26,27)28/h3-4,6,8-9,11-13,20H,1,5,7,10,14-15,29H2,2H3. The van der Waals surface area contributed by atoms with Crippen LogP contribution in [0, 0.1) is 6.92 Å². The van der Waals surface area contributed by atoms with E-state index in [1.54, 1.807) is 18.2 Å². The zero-order valence-corrected chi connectivity index (χ0v) is 18.4. The van der Waals surface area contributed by atoms with Crippen molar-refractivity contribution in [3.05, 3.63) is 66.5 Å². The monoisotopic (exact) mass is 453 g/mol. The van der Waals surface area contributed by atoms with Crippen molar-refractivity contribution in [1.82, 2.24) is 18.9 Å². The third kappa shape index (κ3) is 3.99. The molecule has 33 heavy (non-hydrogen) atoms. The van der Waals surface area contributed by atoms with Crippen LogP contribution < -0.4 is 5.73 Å². The number of pyridine rings is 1. The number of halogens is 3. The number of likely N-dealkylation sites (tertiary alicyclic amines) is 1. The Balaban J connectivity index is 1.59. The number of fused-ring (bicyclic) bond motifs is 2. The van der Waals surface area contributed by atoms with Gasteiger partial charge in [-0.15, -0.1) is 0 Å². The highest BCUT2D eigenvalue weighted by atomic mass is 19.4. The number of nitrogens with zero attached hydrogens (tertiary/aromatic N) is 4. The molecule has 0 radical (unpaired) electrons. The fourth-order valence-electron chi connectivity index (χ4n) is 4.78. The molecule has 1 aliphatic heterocycles. The Morgan fingerprint density at radius 2 is 2.00 bits per heavy atom. The first-order valence-corrected chi connectivity index (χ1v) is 11.1. The van der Waals surface area contributed by atoms with E-state index in [2.05, 4.69) is 11.5 Å². The molecule has 5 rings (SSSR count).